The highest BCUT2D eigenvalue weighted by atomic mass is 32.1. The van der Waals surface area contributed by atoms with E-state index in [0.29, 0.717) is 6.54 Å². The van der Waals surface area contributed by atoms with Gasteiger partial charge in [-0.25, -0.2) is 0 Å². The summed E-state index contributed by atoms with van der Waals surface area (Å²) >= 11 is 0.975. The van der Waals surface area contributed by atoms with Crippen LogP contribution >= 0.6 is 11.7 Å². The summed E-state index contributed by atoms with van der Waals surface area (Å²) in [5.74, 6) is -0.484. The molecule has 1 N–H and O–H groups in total. The molecule has 1 aromatic heterocycles. The van der Waals surface area contributed by atoms with Crippen molar-refractivity contribution in [3.8, 4) is 0 Å². The monoisotopic (exact) mass is 274 g/mol. The maximum atomic E-state index is 12.2. The van der Waals surface area contributed by atoms with Crippen LogP contribution in [0.5, 0.6) is 0 Å². The molecular weight excluding hydrogens is 264 g/mol. The van der Waals surface area contributed by atoms with Crippen molar-refractivity contribution in [3.63, 3.8) is 0 Å². The lowest BCUT2D eigenvalue weighted by molar-refractivity contribution is -0.116. The van der Waals surface area contributed by atoms with E-state index in [0.717, 1.165) is 23.0 Å². The molecule has 0 bridgehead atoms. The zero-order valence-corrected chi connectivity index (χ0v) is 10.7. The van der Waals surface area contributed by atoms with Gasteiger partial charge in [-0.05, 0) is 11.6 Å². The van der Waals surface area contributed by atoms with Gasteiger partial charge in [0.1, 0.15) is 6.54 Å². The van der Waals surface area contributed by atoms with Crippen LogP contribution in [0.1, 0.15) is 16.1 Å². The third-order valence-corrected chi connectivity index (χ3v) is 3.33. The number of hydrogen-bond donors (Lipinski definition) is 1. The lowest BCUT2D eigenvalue weighted by Crippen LogP contribution is -2.35. The quantitative estimate of drug-likeness (QED) is 0.846. The average Bonchev–Trinajstić information content (AvgIpc) is 2.87. The van der Waals surface area contributed by atoms with E-state index >= 15 is 0 Å². The Bertz CT molecular complexity index is 626. The molecule has 2 amide bonds. The van der Waals surface area contributed by atoms with Gasteiger partial charge in [0, 0.05) is 12.2 Å². The van der Waals surface area contributed by atoms with Gasteiger partial charge < -0.3 is 10.2 Å². The third-order valence-electron chi connectivity index (χ3n) is 2.85. The van der Waals surface area contributed by atoms with Crippen molar-refractivity contribution in [2.24, 2.45) is 0 Å². The Morgan fingerprint density at radius 1 is 1.32 bits per heavy atom. The first-order chi connectivity index (χ1) is 9.24. The van der Waals surface area contributed by atoms with E-state index in [4.69, 9.17) is 0 Å². The standard InChI is InChI=1S/C12H10N4O2S/c17-11-7-16(12(18)10-5-13-19-15-10)6-8-3-1-2-4-9(8)14-11/h1-5H,6-7H2,(H,14,17). The van der Waals surface area contributed by atoms with Gasteiger partial charge in [0.05, 0.1) is 17.9 Å². The minimum Gasteiger partial charge on any atom is -0.324 e. The number of amides is 2. The van der Waals surface area contributed by atoms with E-state index in [1.807, 2.05) is 24.3 Å². The minimum absolute atomic E-state index is 0.0189. The molecular formula is C12H10N4O2S. The van der Waals surface area contributed by atoms with Crippen molar-refractivity contribution >= 4 is 29.2 Å². The molecule has 1 aliphatic rings. The maximum absolute atomic E-state index is 12.2. The van der Waals surface area contributed by atoms with Crippen molar-refractivity contribution < 1.29 is 9.59 Å². The Balaban J connectivity index is 1.92. The number of carbonyl (C=O) groups is 2. The number of fused-ring (bicyclic) bond motifs is 1. The number of anilines is 1. The zero-order valence-electron chi connectivity index (χ0n) is 9.87. The molecule has 2 aromatic rings. The van der Waals surface area contributed by atoms with Gasteiger partial charge in [0.25, 0.3) is 5.91 Å². The smallest absolute Gasteiger partial charge is 0.276 e. The Morgan fingerprint density at radius 2 is 2.16 bits per heavy atom. The second kappa shape index (κ2) is 4.77. The van der Waals surface area contributed by atoms with E-state index in [2.05, 4.69) is 14.1 Å². The predicted molar refractivity (Wildman–Crippen MR) is 69.7 cm³/mol. The highest BCUT2D eigenvalue weighted by molar-refractivity contribution is 6.99. The van der Waals surface area contributed by atoms with Gasteiger partial charge in [-0.3, -0.25) is 9.59 Å². The molecule has 0 unspecified atom stereocenters. The van der Waals surface area contributed by atoms with E-state index in [9.17, 15) is 9.59 Å². The van der Waals surface area contributed by atoms with Crippen molar-refractivity contribution in [2.45, 2.75) is 6.54 Å². The molecule has 0 spiro atoms. The Kier molecular flexibility index (Phi) is 2.96. The number of nitrogens with zero attached hydrogens (tertiary/aromatic N) is 3. The summed E-state index contributed by atoms with van der Waals surface area (Å²) in [5, 5.41) is 2.79. The van der Waals surface area contributed by atoms with Gasteiger partial charge in [0.2, 0.25) is 5.91 Å². The Hall–Kier alpha value is -2.28. The predicted octanol–water partition coefficient (Wildman–Crippen LogP) is 1.13. The lowest BCUT2D eigenvalue weighted by atomic mass is 10.1. The molecule has 0 fully saturated rings. The number of nitrogens with one attached hydrogen (secondary N) is 1. The number of para-hydroxylation sites is 1. The molecule has 2 heterocycles. The summed E-state index contributed by atoms with van der Waals surface area (Å²) < 4.78 is 7.72. The molecule has 0 saturated heterocycles. The van der Waals surface area contributed by atoms with Crippen LogP contribution in [-0.2, 0) is 11.3 Å². The topological polar surface area (TPSA) is 75.2 Å². The first kappa shape index (κ1) is 11.8. The van der Waals surface area contributed by atoms with E-state index in [1.54, 1.807) is 0 Å². The van der Waals surface area contributed by atoms with Crippen molar-refractivity contribution in [3.05, 3.63) is 41.7 Å². The third kappa shape index (κ3) is 2.32. The molecule has 0 aliphatic carbocycles. The molecule has 1 aromatic carbocycles. The molecule has 6 nitrogen and oxygen atoms in total. The second-order valence-electron chi connectivity index (χ2n) is 4.16. The van der Waals surface area contributed by atoms with Crippen LogP contribution in [0, 0.1) is 0 Å². The summed E-state index contributed by atoms with van der Waals surface area (Å²) in [4.78, 5) is 25.5. The Labute approximate surface area is 113 Å². The van der Waals surface area contributed by atoms with E-state index < -0.39 is 0 Å². The van der Waals surface area contributed by atoms with E-state index in [-0.39, 0.29) is 24.1 Å². The number of aromatic nitrogens is 2. The number of hydrogen-bond acceptors (Lipinski definition) is 5. The number of carbonyl (C=O) groups excluding carboxylic acids is 2. The van der Waals surface area contributed by atoms with Crippen LogP contribution in [0.25, 0.3) is 0 Å². The molecule has 7 heteroatoms. The fraction of sp³-hybridized carbons (Fsp3) is 0.167. The highest BCUT2D eigenvalue weighted by Gasteiger charge is 2.25. The summed E-state index contributed by atoms with van der Waals surface area (Å²) in [6.45, 7) is 0.399. The van der Waals surface area contributed by atoms with Crippen LogP contribution in [0.15, 0.2) is 30.5 Å². The summed E-state index contributed by atoms with van der Waals surface area (Å²) in [6, 6.07) is 7.44. The van der Waals surface area contributed by atoms with Crippen molar-refractivity contribution in [2.75, 3.05) is 11.9 Å². The molecule has 0 saturated carbocycles. The molecule has 1 aliphatic heterocycles. The summed E-state index contributed by atoms with van der Waals surface area (Å²) in [7, 11) is 0. The maximum Gasteiger partial charge on any atom is 0.276 e. The first-order valence-electron chi connectivity index (χ1n) is 5.68. The van der Waals surface area contributed by atoms with Gasteiger partial charge in [-0.2, -0.15) is 8.75 Å². The largest absolute Gasteiger partial charge is 0.324 e. The SMILES string of the molecule is O=C1CN(C(=O)c2cnsn2)Cc2ccccc2N1. The van der Waals surface area contributed by atoms with Gasteiger partial charge in [-0.1, -0.05) is 18.2 Å². The molecule has 0 atom stereocenters. The number of benzene rings is 1. The number of rotatable bonds is 1. The van der Waals surface area contributed by atoms with Gasteiger partial charge >= 0.3 is 0 Å². The zero-order chi connectivity index (χ0) is 13.2. The van der Waals surface area contributed by atoms with Crippen LogP contribution in [0.4, 0.5) is 5.69 Å². The normalized spacial score (nSPS) is 14.5. The lowest BCUT2D eigenvalue weighted by Gasteiger charge is -2.17. The fourth-order valence-corrected chi connectivity index (χ4v) is 2.38. The fourth-order valence-electron chi connectivity index (χ4n) is 1.97. The van der Waals surface area contributed by atoms with Gasteiger partial charge in [0.15, 0.2) is 5.69 Å². The molecule has 19 heavy (non-hydrogen) atoms. The minimum atomic E-state index is -0.277. The van der Waals surface area contributed by atoms with Gasteiger partial charge in [-0.15, -0.1) is 0 Å². The Morgan fingerprint density at radius 3 is 2.95 bits per heavy atom. The molecule has 0 radical (unpaired) electrons. The highest BCUT2D eigenvalue weighted by Crippen LogP contribution is 2.21. The molecule has 96 valence electrons. The average molecular weight is 274 g/mol. The van der Waals surface area contributed by atoms with Crippen LogP contribution in [0.2, 0.25) is 0 Å². The van der Waals surface area contributed by atoms with Crippen molar-refractivity contribution in [1.82, 2.24) is 13.6 Å². The van der Waals surface area contributed by atoms with Crippen LogP contribution in [0.3, 0.4) is 0 Å². The van der Waals surface area contributed by atoms with E-state index in [1.165, 1.54) is 11.1 Å². The summed E-state index contributed by atoms with van der Waals surface area (Å²) in [6.07, 6.45) is 1.42. The first-order valence-corrected chi connectivity index (χ1v) is 6.41. The van der Waals surface area contributed by atoms with Crippen LogP contribution in [-0.4, -0.2) is 32.0 Å². The summed E-state index contributed by atoms with van der Waals surface area (Å²) in [5.41, 5.74) is 1.93. The second-order valence-corrected chi connectivity index (χ2v) is 4.72. The van der Waals surface area contributed by atoms with Crippen molar-refractivity contribution in [1.29, 1.82) is 0 Å². The van der Waals surface area contributed by atoms with Crippen LogP contribution < -0.4 is 5.32 Å². The molecule has 3 rings (SSSR count).